The highest BCUT2D eigenvalue weighted by molar-refractivity contribution is 7.81. The SMILES string of the molecule is CC(=O)OC(C)(C)C(=S)c1ccccc1. The molecule has 1 rings (SSSR count). The zero-order valence-corrected chi connectivity index (χ0v) is 9.93. The van der Waals surface area contributed by atoms with Gasteiger partial charge in [-0.25, -0.2) is 0 Å². The molecule has 80 valence electrons. The van der Waals surface area contributed by atoms with E-state index in [9.17, 15) is 4.79 Å². The number of hydrogen-bond donors (Lipinski definition) is 0. The van der Waals surface area contributed by atoms with Crippen LogP contribution >= 0.6 is 12.2 Å². The monoisotopic (exact) mass is 222 g/mol. The van der Waals surface area contributed by atoms with Crippen LogP contribution in [-0.2, 0) is 9.53 Å². The van der Waals surface area contributed by atoms with E-state index in [4.69, 9.17) is 17.0 Å². The average molecular weight is 222 g/mol. The molecule has 0 aromatic heterocycles. The van der Waals surface area contributed by atoms with Gasteiger partial charge in [-0.3, -0.25) is 4.79 Å². The Morgan fingerprint density at radius 1 is 1.27 bits per heavy atom. The van der Waals surface area contributed by atoms with E-state index in [-0.39, 0.29) is 5.97 Å². The molecule has 0 amide bonds. The predicted octanol–water partition coefficient (Wildman–Crippen LogP) is 2.75. The number of thiocarbonyl (C=S) groups is 1. The fraction of sp³-hybridized carbons (Fsp3) is 0.333. The summed E-state index contributed by atoms with van der Waals surface area (Å²) < 4.78 is 5.17. The Hall–Kier alpha value is -1.22. The lowest BCUT2D eigenvalue weighted by atomic mass is 9.98. The summed E-state index contributed by atoms with van der Waals surface area (Å²) in [5.41, 5.74) is 0.182. The van der Waals surface area contributed by atoms with E-state index in [1.165, 1.54) is 6.92 Å². The highest BCUT2D eigenvalue weighted by Crippen LogP contribution is 2.18. The molecule has 0 spiro atoms. The van der Waals surface area contributed by atoms with E-state index in [1.54, 1.807) is 13.8 Å². The summed E-state index contributed by atoms with van der Waals surface area (Å²) in [6.45, 7) is 4.98. The molecule has 0 saturated carbocycles. The molecule has 0 aliphatic heterocycles. The van der Waals surface area contributed by atoms with Gasteiger partial charge in [-0.15, -0.1) is 0 Å². The van der Waals surface area contributed by atoms with Crippen molar-refractivity contribution in [1.82, 2.24) is 0 Å². The lowest BCUT2D eigenvalue weighted by molar-refractivity contribution is -0.148. The molecule has 0 aliphatic rings. The standard InChI is InChI=1S/C12H14O2S/c1-9(13)14-12(2,3)11(15)10-7-5-4-6-8-10/h4-8H,1-3H3. The van der Waals surface area contributed by atoms with Gasteiger partial charge in [0.25, 0.3) is 0 Å². The van der Waals surface area contributed by atoms with Crippen molar-refractivity contribution < 1.29 is 9.53 Å². The molecule has 0 heterocycles. The van der Waals surface area contributed by atoms with E-state index in [2.05, 4.69) is 0 Å². The Bertz CT molecular complexity index is 368. The van der Waals surface area contributed by atoms with Crippen LogP contribution in [0, 0.1) is 0 Å². The Morgan fingerprint density at radius 2 is 1.80 bits per heavy atom. The molecule has 0 radical (unpaired) electrons. The van der Waals surface area contributed by atoms with E-state index in [0.29, 0.717) is 4.86 Å². The minimum Gasteiger partial charge on any atom is -0.454 e. The highest BCUT2D eigenvalue weighted by atomic mass is 32.1. The van der Waals surface area contributed by atoms with Crippen LogP contribution in [-0.4, -0.2) is 16.4 Å². The van der Waals surface area contributed by atoms with Gasteiger partial charge in [-0.1, -0.05) is 42.5 Å². The molecule has 1 aromatic carbocycles. The van der Waals surface area contributed by atoms with Gasteiger partial charge >= 0.3 is 5.97 Å². The van der Waals surface area contributed by atoms with Crippen molar-refractivity contribution in [2.45, 2.75) is 26.4 Å². The minimum atomic E-state index is -0.734. The van der Waals surface area contributed by atoms with Gasteiger partial charge in [0.15, 0.2) is 0 Å². The number of carbonyl (C=O) groups is 1. The zero-order chi connectivity index (χ0) is 11.5. The van der Waals surface area contributed by atoms with Crippen LogP contribution in [0.4, 0.5) is 0 Å². The second-order valence-electron chi connectivity index (χ2n) is 3.80. The molecular formula is C12H14O2S. The third-order valence-electron chi connectivity index (χ3n) is 1.98. The molecule has 0 unspecified atom stereocenters. The predicted molar refractivity (Wildman–Crippen MR) is 64.0 cm³/mol. The smallest absolute Gasteiger partial charge is 0.303 e. The maximum absolute atomic E-state index is 10.9. The van der Waals surface area contributed by atoms with Gasteiger partial charge in [0.05, 0.1) is 4.86 Å². The lowest BCUT2D eigenvalue weighted by Crippen LogP contribution is -2.35. The van der Waals surface area contributed by atoms with Crippen LogP contribution in [0.3, 0.4) is 0 Å². The summed E-state index contributed by atoms with van der Waals surface area (Å²) >= 11 is 5.30. The van der Waals surface area contributed by atoms with Gasteiger partial charge in [-0.05, 0) is 19.4 Å². The van der Waals surface area contributed by atoms with E-state index >= 15 is 0 Å². The molecule has 15 heavy (non-hydrogen) atoms. The summed E-state index contributed by atoms with van der Waals surface area (Å²) in [7, 11) is 0. The van der Waals surface area contributed by atoms with Gasteiger partial charge in [0.1, 0.15) is 5.60 Å². The molecule has 1 aromatic rings. The Labute approximate surface area is 95.3 Å². The molecular weight excluding hydrogens is 208 g/mol. The van der Waals surface area contributed by atoms with Gasteiger partial charge in [-0.2, -0.15) is 0 Å². The summed E-state index contributed by atoms with van der Waals surface area (Å²) in [5, 5.41) is 0. The fourth-order valence-corrected chi connectivity index (χ4v) is 1.52. The second-order valence-corrected chi connectivity index (χ2v) is 4.21. The number of rotatable bonds is 3. The summed E-state index contributed by atoms with van der Waals surface area (Å²) in [5.74, 6) is -0.321. The first-order chi connectivity index (χ1) is 6.93. The largest absolute Gasteiger partial charge is 0.454 e. The Kier molecular flexibility index (Phi) is 3.58. The van der Waals surface area contributed by atoms with Crippen LogP contribution in [0.1, 0.15) is 26.3 Å². The molecule has 0 saturated heterocycles. The number of benzene rings is 1. The van der Waals surface area contributed by atoms with Crippen molar-refractivity contribution in [1.29, 1.82) is 0 Å². The molecule has 0 aliphatic carbocycles. The average Bonchev–Trinajstić information content (AvgIpc) is 2.16. The number of esters is 1. The van der Waals surface area contributed by atoms with Crippen molar-refractivity contribution >= 4 is 23.1 Å². The summed E-state index contributed by atoms with van der Waals surface area (Å²) in [6.07, 6.45) is 0. The van der Waals surface area contributed by atoms with Crippen LogP contribution in [0.25, 0.3) is 0 Å². The third-order valence-corrected chi connectivity index (χ3v) is 2.71. The lowest BCUT2D eigenvalue weighted by Gasteiger charge is -2.25. The van der Waals surface area contributed by atoms with Gasteiger partial charge in [0.2, 0.25) is 0 Å². The topological polar surface area (TPSA) is 26.3 Å². The second kappa shape index (κ2) is 4.53. The Balaban J connectivity index is 2.89. The van der Waals surface area contributed by atoms with Crippen LogP contribution in [0.2, 0.25) is 0 Å². The molecule has 0 N–H and O–H groups in total. The minimum absolute atomic E-state index is 0.321. The van der Waals surface area contributed by atoms with Crippen LogP contribution in [0.5, 0.6) is 0 Å². The van der Waals surface area contributed by atoms with Crippen LogP contribution in [0.15, 0.2) is 30.3 Å². The maximum atomic E-state index is 10.9. The molecule has 2 nitrogen and oxygen atoms in total. The number of ether oxygens (including phenoxy) is 1. The third kappa shape index (κ3) is 3.13. The van der Waals surface area contributed by atoms with Crippen molar-refractivity contribution in [2.75, 3.05) is 0 Å². The summed E-state index contributed by atoms with van der Waals surface area (Å²) in [6, 6.07) is 9.56. The summed E-state index contributed by atoms with van der Waals surface area (Å²) in [4.78, 5) is 11.6. The maximum Gasteiger partial charge on any atom is 0.303 e. The molecule has 3 heteroatoms. The Morgan fingerprint density at radius 3 is 2.27 bits per heavy atom. The van der Waals surface area contributed by atoms with Crippen molar-refractivity contribution in [3.63, 3.8) is 0 Å². The van der Waals surface area contributed by atoms with Crippen LogP contribution < -0.4 is 0 Å². The van der Waals surface area contributed by atoms with Gasteiger partial charge in [0, 0.05) is 6.92 Å². The van der Waals surface area contributed by atoms with E-state index < -0.39 is 5.60 Å². The normalized spacial score (nSPS) is 10.9. The first kappa shape index (κ1) is 11.9. The zero-order valence-electron chi connectivity index (χ0n) is 9.11. The molecule has 0 atom stereocenters. The number of hydrogen-bond acceptors (Lipinski definition) is 3. The molecule has 0 bridgehead atoms. The fourth-order valence-electron chi connectivity index (χ4n) is 1.34. The quantitative estimate of drug-likeness (QED) is 0.447. The van der Waals surface area contributed by atoms with E-state index in [0.717, 1.165) is 5.56 Å². The van der Waals surface area contributed by atoms with Crippen molar-refractivity contribution in [2.24, 2.45) is 0 Å². The first-order valence-corrected chi connectivity index (χ1v) is 5.14. The van der Waals surface area contributed by atoms with Gasteiger partial charge < -0.3 is 4.74 Å². The molecule has 0 fully saturated rings. The highest BCUT2D eigenvalue weighted by Gasteiger charge is 2.27. The van der Waals surface area contributed by atoms with Crippen molar-refractivity contribution in [3.05, 3.63) is 35.9 Å². The van der Waals surface area contributed by atoms with E-state index in [1.807, 2.05) is 30.3 Å². The number of carbonyl (C=O) groups excluding carboxylic acids is 1. The van der Waals surface area contributed by atoms with Crippen molar-refractivity contribution in [3.8, 4) is 0 Å². The first-order valence-electron chi connectivity index (χ1n) is 4.73.